The van der Waals surface area contributed by atoms with Crippen molar-refractivity contribution in [1.82, 2.24) is 4.90 Å². The van der Waals surface area contributed by atoms with E-state index in [-0.39, 0.29) is 30.3 Å². The quantitative estimate of drug-likeness (QED) is 0.671. The fourth-order valence-corrected chi connectivity index (χ4v) is 1.94. The van der Waals surface area contributed by atoms with Crippen molar-refractivity contribution in [2.75, 3.05) is 26.8 Å². The van der Waals surface area contributed by atoms with Crippen LogP contribution in [0.2, 0.25) is 0 Å². The molecule has 5 nitrogen and oxygen atoms in total. The number of nitrogens with zero attached hydrogens (tertiary/aromatic N) is 1. The molecule has 1 heterocycles. The summed E-state index contributed by atoms with van der Waals surface area (Å²) in [5.74, 6) is -0.274. The first-order chi connectivity index (χ1) is 8.06. The van der Waals surface area contributed by atoms with E-state index in [9.17, 15) is 9.59 Å². The van der Waals surface area contributed by atoms with Gasteiger partial charge in [0.2, 0.25) is 5.91 Å². The molecular weight excluding hydrogens is 222 g/mol. The van der Waals surface area contributed by atoms with Crippen LogP contribution in [0.4, 0.5) is 0 Å². The Bertz CT molecular complexity index is 280. The van der Waals surface area contributed by atoms with Gasteiger partial charge in [-0.15, -0.1) is 0 Å². The number of hydrogen-bond acceptors (Lipinski definition) is 4. The second-order valence-corrected chi connectivity index (χ2v) is 4.29. The van der Waals surface area contributed by atoms with Gasteiger partial charge < -0.3 is 14.4 Å². The molecule has 5 heteroatoms. The van der Waals surface area contributed by atoms with Crippen molar-refractivity contribution in [3.63, 3.8) is 0 Å². The summed E-state index contributed by atoms with van der Waals surface area (Å²) in [5, 5.41) is 0. The van der Waals surface area contributed by atoms with Gasteiger partial charge in [-0.25, -0.2) is 0 Å². The molecule has 0 aromatic carbocycles. The predicted octanol–water partition coefficient (Wildman–Crippen LogP) is 0.823. The zero-order chi connectivity index (χ0) is 12.8. The largest absolute Gasteiger partial charge is 0.466 e. The monoisotopic (exact) mass is 243 g/mol. The summed E-state index contributed by atoms with van der Waals surface area (Å²) in [4.78, 5) is 24.8. The van der Waals surface area contributed by atoms with Gasteiger partial charge >= 0.3 is 5.97 Å². The van der Waals surface area contributed by atoms with Crippen molar-refractivity contribution in [3.8, 4) is 0 Å². The molecule has 1 saturated heterocycles. The van der Waals surface area contributed by atoms with Crippen molar-refractivity contribution >= 4 is 11.9 Å². The molecule has 0 bridgehead atoms. The Hall–Kier alpha value is -1.10. The van der Waals surface area contributed by atoms with Gasteiger partial charge in [-0.3, -0.25) is 9.59 Å². The third-order valence-corrected chi connectivity index (χ3v) is 3.03. The van der Waals surface area contributed by atoms with E-state index in [1.807, 2.05) is 6.92 Å². The van der Waals surface area contributed by atoms with Gasteiger partial charge in [0.05, 0.1) is 25.0 Å². The summed E-state index contributed by atoms with van der Waals surface area (Å²) >= 11 is 0. The summed E-state index contributed by atoms with van der Waals surface area (Å²) in [6.07, 6.45) is 0.995. The highest BCUT2D eigenvalue weighted by molar-refractivity contribution is 5.80. The molecule has 0 aromatic heterocycles. The van der Waals surface area contributed by atoms with Crippen molar-refractivity contribution in [1.29, 1.82) is 0 Å². The van der Waals surface area contributed by atoms with E-state index in [0.717, 1.165) is 6.42 Å². The van der Waals surface area contributed by atoms with E-state index < -0.39 is 0 Å². The number of esters is 1. The Labute approximate surface area is 102 Å². The molecule has 17 heavy (non-hydrogen) atoms. The molecule has 0 saturated carbocycles. The molecule has 0 radical (unpaired) electrons. The lowest BCUT2D eigenvalue weighted by molar-refractivity contribution is -0.144. The third kappa shape index (κ3) is 4.00. The van der Waals surface area contributed by atoms with E-state index in [0.29, 0.717) is 19.8 Å². The Morgan fingerprint density at radius 1 is 1.47 bits per heavy atom. The summed E-state index contributed by atoms with van der Waals surface area (Å²) < 4.78 is 10.2. The summed E-state index contributed by atoms with van der Waals surface area (Å²) in [7, 11) is 1.71. The second kappa shape index (κ2) is 6.59. The lowest BCUT2D eigenvalue weighted by Crippen LogP contribution is -2.37. The molecule has 0 aliphatic carbocycles. The zero-order valence-electron chi connectivity index (χ0n) is 10.8. The van der Waals surface area contributed by atoms with E-state index in [4.69, 9.17) is 9.47 Å². The Balaban J connectivity index is 2.34. The lowest BCUT2D eigenvalue weighted by Gasteiger charge is -2.22. The van der Waals surface area contributed by atoms with Crippen LogP contribution in [0.3, 0.4) is 0 Å². The minimum Gasteiger partial charge on any atom is -0.466 e. The van der Waals surface area contributed by atoms with Gasteiger partial charge in [0, 0.05) is 20.2 Å². The molecule has 1 fully saturated rings. The second-order valence-electron chi connectivity index (χ2n) is 4.29. The van der Waals surface area contributed by atoms with E-state index in [2.05, 4.69) is 0 Å². The van der Waals surface area contributed by atoms with Crippen LogP contribution in [0.5, 0.6) is 0 Å². The molecule has 1 aliphatic heterocycles. The van der Waals surface area contributed by atoms with E-state index in [1.165, 1.54) is 0 Å². The molecule has 1 aliphatic rings. The highest BCUT2D eigenvalue weighted by Crippen LogP contribution is 2.22. The highest BCUT2D eigenvalue weighted by atomic mass is 16.5. The highest BCUT2D eigenvalue weighted by Gasteiger charge is 2.32. The van der Waals surface area contributed by atoms with Crippen molar-refractivity contribution < 1.29 is 19.1 Å². The van der Waals surface area contributed by atoms with Crippen LogP contribution >= 0.6 is 0 Å². The van der Waals surface area contributed by atoms with Gasteiger partial charge in [-0.1, -0.05) is 0 Å². The van der Waals surface area contributed by atoms with Crippen LogP contribution < -0.4 is 0 Å². The molecular formula is C12H21NO4. The normalized spacial score (nSPS) is 23.5. The van der Waals surface area contributed by atoms with Gasteiger partial charge in [0.15, 0.2) is 0 Å². The first kappa shape index (κ1) is 14.0. The number of carbonyl (C=O) groups is 2. The van der Waals surface area contributed by atoms with Gasteiger partial charge in [-0.05, 0) is 20.3 Å². The van der Waals surface area contributed by atoms with Crippen LogP contribution in [0, 0.1) is 5.92 Å². The average Bonchev–Trinajstić information content (AvgIpc) is 2.71. The van der Waals surface area contributed by atoms with E-state index >= 15 is 0 Å². The van der Waals surface area contributed by atoms with Crippen molar-refractivity contribution in [3.05, 3.63) is 0 Å². The maximum atomic E-state index is 12.0. The van der Waals surface area contributed by atoms with Crippen LogP contribution in [0.25, 0.3) is 0 Å². The van der Waals surface area contributed by atoms with Crippen LogP contribution in [0.1, 0.15) is 26.7 Å². The summed E-state index contributed by atoms with van der Waals surface area (Å²) in [6, 6.07) is 0. The average molecular weight is 243 g/mol. The molecule has 98 valence electrons. The zero-order valence-corrected chi connectivity index (χ0v) is 10.8. The number of amides is 1. The SMILES string of the molecule is CCOC(=O)CCN(C)C(=O)C1CCOC1C. The van der Waals surface area contributed by atoms with Crippen LogP contribution in [-0.4, -0.2) is 49.7 Å². The molecule has 1 rings (SSSR count). The maximum Gasteiger partial charge on any atom is 0.307 e. The minimum atomic E-state index is -0.261. The fraction of sp³-hybridized carbons (Fsp3) is 0.833. The lowest BCUT2D eigenvalue weighted by atomic mass is 10.0. The number of rotatable bonds is 5. The molecule has 1 amide bonds. The third-order valence-electron chi connectivity index (χ3n) is 3.03. The van der Waals surface area contributed by atoms with Crippen molar-refractivity contribution in [2.45, 2.75) is 32.8 Å². The molecule has 2 atom stereocenters. The number of ether oxygens (including phenoxy) is 2. The molecule has 0 spiro atoms. The molecule has 2 unspecified atom stereocenters. The van der Waals surface area contributed by atoms with Gasteiger partial charge in [0.25, 0.3) is 0 Å². The standard InChI is InChI=1S/C12H21NO4/c1-4-16-11(14)5-7-13(3)12(15)10-6-8-17-9(10)2/h9-10H,4-8H2,1-3H3. The predicted molar refractivity (Wildman–Crippen MR) is 62.4 cm³/mol. The number of hydrogen-bond donors (Lipinski definition) is 0. The van der Waals surface area contributed by atoms with Gasteiger partial charge in [-0.2, -0.15) is 0 Å². The van der Waals surface area contributed by atoms with Crippen LogP contribution in [0.15, 0.2) is 0 Å². The Kier molecular flexibility index (Phi) is 5.41. The molecule has 0 N–H and O–H groups in total. The summed E-state index contributed by atoms with van der Waals surface area (Å²) in [6.45, 7) is 5.10. The minimum absolute atomic E-state index is 0.0208. The molecule has 0 aromatic rings. The number of carbonyl (C=O) groups excluding carboxylic acids is 2. The van der Waals surface area contributed by atoms with Gasteiger partial charge in [0.1, 0.15) is 0 Å². The van der Waals surface area contributed by atoms with E-state index in [1.54, 1.807) is 18.9 Å². The topological polar surface area (TPSA) is 55.8 Å². The first-order valence-electron chi connectivity index (χ1n) is 6.08. The maximum absolute atomic E-state index is 12.0. The van der Waals surface area contributed by atoms with Crippen LogP contribution in [-0.2, 0) is 19.1 Å². The van der Waals surface area contributed by atoms with Crippen molar-refractivity contribution in [2.24, 2.45) is 5.92 Å². The Morgan fingerprint density at radius 3 is 2.71 bits per heavy atom. The fourth-order valence-electron chi connectivity index (χ4n) is 1.94. The Morgan fingerprint density at radius 2 is 2.18 bits per heavy atom. The smallest absolute Gasteiger partial charge is 0.307 e. The summed E-state index contributed by atoms with van der Waals surface area (Å²) in [5.41, 5.74) is 0. The first-order valence-corrected chi connectivity index (χ1v) is 6.08.